The van der Waals surface area contributed by atoms with Crippen LogP contribution in [0.3, 0.4) is 0 Å². The molecule has 0 aliphatic carbocycles. The van der Waals surface area contributed by atoms with Crippen molar-refractivity contribution < 1.29 is 24.4 Å². The van der Waals surface area contributed by atoms with Crippen molar-refractivity contribution in [1.82, 2.24) is 5.32 Å². The Balaban J connectivity index is 4.78. The van der Waals surface area contributed by atoms with Crippen molar-refractivity contribution in [2.24, 2.45) is 0 Å². The van der Waals surface area contributed by atoms with Gasteiger partial charge in [-0.25, -0.2) is 4.79 Å². The third-order valence-electron chi connectivity index (χ3n) is 2.26. The Kier molecular flexibility index (Phi) is 6.57. The molecule has 0 radical (unpaired) electrons. The average molecular weight is 300 g/mol. The van der Waals surface area contributed by atoms with Gasteiger partial charge in [0.05, 0.1) is 11.3 Å². The second kappa shape index (κ2) is 7.41. The van der Waals surface area contributed by atoms with Crippen molar-refractivity contribution in [3.8, 4) is 0 Å². The minimum atomic E-state index is -1.16. The molecule has 0 rings (SSSR count). The van der Waals surface area contributed by atoms with Gasteiger partial charge in [0.25, 0.3) is 5.70 Å². The van der Waals surface area contributed by atoms with Crippen molar-refractivity contribution >= 4 is 12.1 Å². The molecule has 118 valence electrons. The zero-order valence-electron chi connectivity index (χ0n) is 12.3. The third kappa shape index (κ3) is 8.40. The van der Waals surface area contributed by atoms with Crippen molar-refractivity contribution in [3.63, 3.8) is 0 Å². The Labute approximate surface area is 122 Å². The molecule has 1 atom stereocenters. The largest absolute Gasteiger partial charge is 0.481 e. The molecule has 0 aromatic carbocycles. The van der Waals surface area contributed by atoms with Gasteiger partial charge in [-0.1, -0.05) is 6.58 Å². The van der Waals surface area contributed by atoms with Gasteiger partial charge in [-0.05, 0) is 33.8 Å². The quantitative estimate of drug-likeness (QED) is 0.422. The maximum Gasteiger partial charge on any atom is 0.407 e. The Morgan fingerprint density at radius 2 is 1.86 bits per heavy atom. The third-order valence-corrected chi connectivity index (χ3v) is 2.26. The molecule has 0 unspecified atom stereocenters. The first kappa shape index (κ1) is 18.6. The predicted molar refractivity (Wildman–Crippen MR) is 75.3 cm³/mol. The van der Waals surface area contributed by atoms with Crippen LogP contribution in [-0.4, -0.2) is 33.7 Å². The Hall–Kier alpha value is -2.38. The van der Waals surface area contributed by atoms with Crippen molar-refractivity contribution in [1.29, 1.82) is 0 Å². The van der Waals surface area contributed by atoms with E-state index in [-0.39, 0.29) is 12.0 Å². The number of carbonyl (C=O) groups is 2. The van der Waals surface area contributed by atoms with Crippen LogP contribution in [-0.2, 0) is 9.53 Å². The fourth-order valence-corrected chi connectivity index (χ4v) is 1.40. The summed E-state index contributed by atoms with van der Waals surface area (Å²) in [7, 11) is 0. The van der Waals surface area contributed by atoms with Gasteiger partial charge in [-0.15, -0.1) is 0 Å². The number of hydrogen-bond donors (Lipinski definition) is 2. The number of hydrogen-bond acceptors (Lipinski definition) is 5. The SMILES string of the molecule is C=C(C[C@@H](CC(=O)O)NC(=O)OC(C)(C)C)C(=C)[N+](=O)[O-]. The summed E-state index contributed by atoms with van der Waals surface area (Å²) in [4.78, 5) is 32.3. The lowest BCUT2D eigenvalue weighted by Gasteiger charge is -2.23. The molecule has 0 aromatic heterocycles. The van der Waals surface area contributed by atoms with E-state index in [1.54, 1.807) is 20.8 Å². The van der Waals surface area contributed by atoms with E-state index < -0.39 is 40.7 Å². The van der Waals surface area contributed by atoms with Gasteiger partial charge >= 0.3 is 12.1 Å². The van der Waals surface area contributed by atoms with E-state index in [1.807, 2.05) is 0 Å². The lowest BCUT2D eigenvalue weighted by atomic mass is 10.0. The van der Waals surface area contributed by atoms with E-state index in [1.165, 1.54) is 0 Å². The number of aliphatic carboxylic acids is 1. The number of nitrogens with one attached hydrogen (secondary N) is 1. The fraction of sp³-hybridized carbons (Fsp3) is 0.538. The normalized spacial score (nSPS) is 12.1. The van der Waals surface area contributed by atoms with E-state index in [0.717, 1.165) is 0 Å². The maximum absolute atomic E-state index is 11.6. The summed E-state index contributed by atoms with van der Waals surface area (Å²) in [5.41, 5.74) is -1.11. The molecular weight excluding hydrogens is 280 g/mol. The first-order valence-electron chi connectivity index (χ1n) is 6.15. The highest BCUT2D eigenvalue weighted by Crippen LogP contribution is 2.16. The molecule has 2 N–H and O–H groups in total. The van der Waals surface area contributed by atoms with Gasteiger partial charge in [0.2, 0.25) is 0 Å². The fourth-order valence-electron chi connectivity index (χ4n) is 1.40. The molecule has 0 aliphatic rings. The predicted octanol–water partition coefficient (Wildman–Crippen LogP) is 2.09. The zero-order valence-corrected chi connectivity index (χ0v) is 12.3. The van der Waals surface area contributed by atoms with Crippen LogP contribution in [0, 0.1) is 10.1 Å². The second-order valence-corrected chi connectivity index (χ2v) is 5.45. The molecular formula is C13H20N2O6. The Bertz CT molecular complexity index is 464. The topological polar surface area (TPSA) is 119 Å². The number of amides is 1. The van der Waals surface area contributed by atoms with Crippen LogP contribution in [0.25, 0.3) is 0 Å². The van der Waals surface area contributed by atoms with Gasteiger partial charge < -0.3 is 15.2 Å². The second-order valence-electron chi connectivity index (χ2n) is 5.45. The number of carboxylic acids is 1. The Morgan fingerprint density at radius 3 is 2.24 bits per heavy atom. The number of carboxylic acid groups (broad SMARTS) is 1. The first-order valence-corrected chi connectivity index (χ1v) is 6.15. The summed E-state index contributed by atoms with van der Waals surface area (Å²) in [6.45, 7) is 11.7. The van der Waals surface area contributed by atoms with Gasteiger partial charge in [-0.2, -0.15) is 0 Å². The molecule has 1 amide bonds. The number of nitrogens with zero attached hydrogens (tertiary/aromatic N) is 1. The molecule has 0 aliphatic heterocycles. The van der Waals surface area contributed by atoms with Crippen LogP contribution >= 0.6 is 0 Å². The standard InChI is InChI=1S/C13H20N2O6/c1-8(9(2)15(19)20)6-10(7-11(16)17)14-12(18)21-13(3,4)5/h10H,1-2,6-7H2,3-5H3,(H,14,18)(H,16,17)/t10-/m0/s1. The van der Waals surface area contributed by atoms with E-state index in [4.69, 9.17) is 9.84 Å². The lowest BCUT2D eigenvalue weighted by molar-refractivity contribution is -0.420. The summed E-state index contributed by atoms with van der Waals surface area (Å²) in [6.07, 6.45) is -1.32. The number of rotatable bonds is 7. The van der Waals surface area contributed by atoms with Crippen molar-refractivity contribution in [2.75, 3.05) is 0 Å². The molecule has 21 heavy (non-hydrogen) atoms. The molecule has 0 fully saturated rings. The molecule has 8 nitrogen and oxygen atoms in total. The molecule has 0 bridgehead atoms. The highest BCUT2D eigenvalue weighted by molar-refractivity contribution is 5.71. The Morgan fingerprint density at radius 1 is 1.33 bits per heavy atom. The van der Waals surface area contributed by atoms with E-state index >= 15 is 0 Å². The zero-order chi connectivity index (χ0) is 16.8. The summed E-state index contributed by atoms with van der Waals surface area (Å²) in [5.74, 6) is -1.16. The average Bonchev–Trinajstić information content (AvgIpc) is 2.23. The minimum absolute atomic E-state index is 0.0438. The van der Waals surface area contributed by atoms with Crippen molar-refractivity contribution in [3.05, 3.63) is 34.5 Å². The highest BCUT2D eigenvalue weighted by atomic mass is 16.6. The van der Waals surface area contributed by atoms with E-state index in [2.05, 4.69) is 18.5 Å². The van der Waals surface area contributed by atoms with Crippen LogP contribution in [0.2, 0.25) is 0 Å². The minimum Gasteiger partial charge on any atom is -0.481 e. The van der Waals surface area contributed by atoms with E-state index in [0.29, 0.717) is 0 Å². The monoisotopic (exact) mass is 300 g/mol. The van der Waals surface area contributed by atoms with Crippen LogP contribution in [0.4, 0.5) is 4.79 Å². The van der Waals surface area contributed by atoms with Crippen LogP contribution in [0.5, 0.6) is 0 Å². The van der Waals surface area contributed by atoms with Crippen LogP contribution in [0.15, 0.2) is 24.4 Å². The van der Waals surface area contributed by atoms with Gasteiger partial charge in [-0.3, -0.25) is 14.9 Å². The number of nitro groups is 1. The highest BCUT2D eigenvalue weighted by Gasteiger charge is 2.24. The van der Waals surface area contributed by atoms with E-state index in [9.17, 15) is 19.7 Å². The molecule has 0 heterocycles. The maximum atomic E-state index is 11.6. The first-order chi connectivity index (χ1) is 9.42. The van der Waals surface area contributed by atoms with Crippen LogP contribution in [0.1, 0.15) is 33.6 Å². The molecule has 8 heteroatoms. The molecule has 0 saturated heterocycles. The van der Waals surface area contributed by atoms with Crippen molar-refractivity contribution in [2.45, 2.75) is 45.3 Å². The van der Waals surface area contributed by atoms with Gasteiger partial charge in [0, 0.05) is 11.6 Å². The lowest BCUT2D eigenvalue weighted by Crippen LogP contribution is -2.40. The molecule has 0 spiro atoms. The summed E-state index contributed by atoms with van der Waals surface area (Å²) in [6, 6.07) is -0.874. The summed E-state index contributed by atoms with van der Waals surface area (Å²) in [5, 5.41) is 21.7. The molecule has 0 saturated carbocycles. The number of alkyl carbamates (subject to hydrolysis) is 1. The van der Waals surface area contributed by atoms with Gasteiger partial charge in [0.1, 0.15) is 5.60 Å². The number of allylic oxidation sites excluding steroid dienone is 1. The molecule has 0 aromatic rings. The summed E-state index contributed by atoms with van der Waals surface area (Å²) >= 11 is 0. The van der Waals surface area contributed by atoms with Crippen LogP contribution < -0.4 is 5.32 Å². The summed E-state index contributed by atoms with van der Waals surface area (Å²) < 4.78 is 5.01. The smallest absolute Gasteiger partial charge is 0.407 e. The number of carbonyl (C=O) groups excluding carboxylic acids is 1. The number of ether oxygens (including phenoxy) is 1. The van der Waals surface area contributed by atoms with Gasteiger partial charge in [0.15, 0.2) is 0 Å².